The molecule has 2 aromatic heterocycles. The molecule has 3 rings (SSSR count). The van der Waals surface area contributed by atoms with E-state index in [1.54, 1.807) is 11.3 Å². The Morgan fingerprint density at radius 3 is 2.81 bits per heavy atom. The summed E-state index contributed by atoms with van der Waals surface area (Å²) < 4.78 is 0. The quantitative estimate of drug-likeness (QED) is 0.249. The number of guanidine groups is 1. The summed E-state index contributed by atoms with van der Waals surface area (Å²) >= 11 is 1.79. The van der Waals surface area contributed by atoms with Crippen LogP contribution in [0.3, 0.4) is 0 Å². The van der Waals surface area contributed by atoms with Crippen molar-refractivity contribution in [2.24, 2.45) is 4.99 Å². The first-order valence-electron chi connectivity index (χ1n) is 9.31. The van der Waals surface area contributed by atoms with Crippen molar-refractivity contribution in [1.82, 2.24) is 20.6 Å². The average molecular weight is 497 g/mol. The molecule has 2 heterocycles. The predicted molar refractivity (Wildman–Crippen MR) is 127 cm³/mol. The molecule has 0 saturated carbocycles. The number of thiazole rings is 1. The zero-order valence-corrected chi connectivity index (χ0v) is 19.1. The van der Waals surface area contributed by atoms with Gasteiger partial charge in [0.1, 0.15) is 0 Å². The minimum Gasteiger partial charge on any atom is -0.361 e. The minimum atomic E-state index is 0. The van der Waals surface area contributed by atoms with Gasteiger partial charge in [0, 0.05) is 54.2 Å². The SMILES string of the molecule is CCNC(=NCCc1ncc(CC)s1)NCCc1c[nH]c2ccccc12.I. The first-order chi connectivity index (χ1) is 12.8. The van der Waals surface area contributed by atoms with Gasteiger partial charge in [0.05, 0.1) is 5.01 Å². The van der Waals surface area contributed by atoms with Crippen LogP contribution in [0.2, 0.25) is 0 Å². The number of hydrogen-bond donors (Lipinski definition) is 3. The molecule has 0 aliphatic heterocycles. The van der Waals surface area contributed by atoms with Crippen LogP contribution in [0.25, 0.3) is 10.9 Å². The first kappa shape index (κ1) is 21.7. The highest BCUT2D eigenvalue weighted by Gasteiger charge is 2.04. The molecule has 0 bridgehead atoms. The molecule has 0 amide bonds. The van der Waals surface area contributed by atoms with Gasteiger partial charge in [-0.3, -0.25) is 4.99 Å². The first-order valence-corrected chi connectivity index (χ1v) is 10.1. The average Bonchev–Trinajstić information content (AvgIpc) is 3.29. The Kier molecular flexibility index (Phi) is 9.06. The number of aromatic nitrogens is 2. The summed E-state index contributed by atoms with van der Waals surface area (Å²) in [5.41, 5.74) is 2.52. The number of nitrogens with zero attached hydrogens (tertiary/aromatic N) is 2. The van der Waals surface area contributed by atoms with Gasteiger partial charge in [0.15, 0.2) is 5.96 Å². The van der Waals surface area contributed by atoms with E-state index in [2.05, 4.69) is 69.9 Å². The summed E-state index contributed by atoms with van der Waals surface area (Å²) in [5.74, 6) is 0.875. The maximum atomic E-state index is 4.68. The second-order valence-corrected chi connectivity index (χ2v) is 7.32. The van der Waals surface area contributed by atoms with E-state index in [9.17, 15) is 0 Å². The zero-order valence-electron chi connectivity index (χ0n) is 15.9. The van der Waals surface area contributed by atoms with E-state index in [4.69, 9.17) is 0 Å². The number of aromatic amines is 1. The van der Waals surface area contributed by atoms with E-state index < -0.39 is 0 Å². The Balaban J connectivity index is 0.00000261. The molecule has 0 saturated heterocycles. The third kappa shape index (κ3) is 6.21. The van der Waals surface area contributed by atoms with Gasteiger partial charge in [-0.05, 0) is 31.4 Å². The van der Waals surface area contributed by atoms with Crippen LogP contribution in [-0.2, 0) is 19.3 Å². The Bertz CT molecular complexity index is 855. The van der Waals surface area contributed by atoms with Crippen molar-refractivity contribution in [3.8, 4) is 0 Å². The lowest BCUT2D eigenvalue weighted by molar-refractivity contribution is 0.798. The van der Waals surface area contributed by atoms with Crippen LogP contribution >= 0.6 is 35.3 Å². The number of fused-ring (bicyclic) bond motifs is 1. The number of halogens is 1. The monoisotopic (exact) mass is 497 g/mol. The molecule has 5 nitrogen and oxygen atoms in total. The van der Waals surface area contributed by atoms with Crippen LogP contribution in [0.4, 0.5) is 0 Å². The van der Waals surface area contributed by atoms with Crippen LogP contribution in [0.15, 0.2) is 41.7 Å². The van der Waals surface area contributed by atoms with E-state index in [-0.39, 0.29) is 24.0 Å². The van der Waals surface area contributed by atoms with Crippen molar-refractivity contribution in [1.29, 1.82) is 0 Å². The number of aliphatic imine (C=N–C) groups is 1. The molecule has 3 N–H and O–H groups in total. The van der Waals surface area contributed by atoms with E-state index in [1.807, 2.05) is 6.20 Å². The Morgan fingerprint density at radius 2 is 2.04 bits per heavy atom. The molecular formula is C20H28IN5S. The van der Waals surface area contributed by atoms with Crippen LogP contribution in [0.5, 0.6) is 0 Å². The molecule has 0 spiro atoms. The lowest BCUT2D eigenvalue weighted by atomic mass is 10.1. The molecule has 0 radical (unpaired) electrons. The van der Waals surface area contributed by atoms with Gasteiger partial charge in [-0.25, -0.2) is 4.98 Å². The zero-order chi connectivity index (χ0) is 18.2. The van der Waals surface area contributed by atoms with Gasteiger partial charge >= 0.3 is 0 Å². The normalized spacial score (nSPS) is 11.4. The van der Waals surface area contributed by atoms with E-state index >= 15 is 0 Å². The number of para-hydroxylation sites is 1. The summed E-state index contributed by atoms with van der Waals surface area (Å²) in [6, 6.07) is 8.42. The highest BCUT2D eigenvalue weighted by molar-refractivity contribution is 14.0. The highest BCUT2D eigenvalue weighted by atomic mass is 127. The number of nitrogens with one attached hydrogen (secondary N) is 3. The van der Waals surface area contributed by atoms with E-state index in [0.717, 1.165) is 44.9 Å². The standard InChI is InChI=1S/C20H27N5S.HI/c1-3-16-14-25-19(26-16)10-12-23-20(21-4-2)22-11-9-15-13-24-18-8-6-5-7-17(15)18;/h5-8,13-14,24H,3-4,9-12H2,1-2H3,(H2,21,22,23);1H. The number of hydrogen-bond acceptors (Lipinski definition) is 3. The second-order valence-electron chi connectivity index (χ2n) is 6.12. The molecule has 7 heteroatoms. The maximum absolute atomic E-state index is 4.68. The van der Waals surface area contributed by atoms with Crippen molar-refractivity contribution in [2.45, 2.75) is 33.1 Å². The second kappa shape index (κ2) is 11.3. The summed E-state index contributed by atoms with van der Waals surface area (Å²) in [7, 11) is 0. The smallest absolute Gasteiger partial charge is 0.191 e. The fourth-order valence-electron chi connectivity index (χ4n) is 2.89. The summed E-state index contributed by atoms with van der Waals surface area (Å²) in [6.07, 6.45) is 6.99. The van der Waals surface area contributed by atoms with Gasteiger partial charge in [-0.2, -0.15) is 0 Å². The molecule has 3 aromatic rings. The fraction of sp³-hybridized carbons (Fsp3) is 0.400. The Labute approximate surface area is 182 Å². The van der Waals surface area contributed by atoms with Crippen molar-refractivity contribution >= 4 is 52.2 Å². The number of rotatable bonds is 8. The third-order valence-corrected chi connectivity index (χ3v) is 5.45. The molecule has 1 aromatic carbocycles. The maximum Gasteiger partial charge on any atom is 0.191 e. The third-order valence-electron chi connectivity index (χ3n) is 4.25. The Hall–Kier alpha value is -1.61. The van der Waals surface area contributed by atoms with Crippen LogP contribution in [0.1, 0.15) is 29.3 Å². The number of aryl methyl sites for hydroxylation is 1. The fourth-order valence-corrected chi connectivity index (χ4v) is 3.74. The van der Waals surface area contributed by atoms with Crippen LogP contribution < -0.4 is 10.6 Å². The number of H-pyrrole nitrogens is 1. The van der Waals surface area contributed by atoms with Gasteiger partial charge in [0.2, 0.25) is 0 Å². The molecule has 0 aliphatic rings. The summed E-state index contributed by atoms with van der Waals surface area (Å²) in [6.45, 7) is 6.71. The molecular weight excluding hydrogens is 469 g/mol. The molecule has 0 atom stereocenters. The molecule has 27 heavy (non-hydrogen) atoms. The summed E-state index contributed by atoms with van der Waals surface area (Å²) in [4.78, 5) is 13.8. The van der Waals surface area contributed by atoms with Gasteiger partial charge in [-0.15, -0.1) is 35.3 Å². The topological polar surface area (TPSA) is 65.1 Å². The Morgan fingerprint density at radius 1 is 1.19 bits per heavy atom. The molecule has 0 aliphatic carbocycles. The number of benzene rings is 1. The summed E-state index contributed by atoms with van der Waals surface area (Å²) in [5, 5.41) is 9.22. The predicted octanol–water partition coefficient (Wildman–Crippen LogP) is 4.15. The van der Waals surface area contributed by atoms with Gasteiger partial charge in [0.25, 0.3) is 0 Å². The van der Waals surface area contributed by atoms with E-state index in [1.165, 1.54) is 26.4 Å². The van der Waals surface area contributed by atoms with Crippen LogP contribution in [0, 0.1) is 0 Å². The largest absolute Gasteiger partial charge is 0.361 e. The lowest BCUT2D eigenvalue weighted by Crippen LogP contribution is -2.38. The van der Waals surface area contributed by atoms with E-state index in [0.29, 0.717) is 0 Å². The molecule has 0 fully saturated rings. The van der Waals surface area contributed by atoms with Crippen molar-refractivity contribution in [3.63, 3.8) is 0 Å². The van der Waals surface area contributed by atoms with Gasteiger partial charge in [-0.1, -0.05) is 25.1 Å². The molecule has 146 valence electrons. The van der Waals surface area contributed by atoms with Crippen molar-refractivity contribution in [2.75, 3.05) is 19.6 Å². The van der Waals surface area contributed by atoms with Crippen LogP contribution in [-0.4, -0.2) is 35.6 Å². The lowest BCUT2D eigenvalue weighted by Gasteiger charge is -2.10. The highest BCUT2D eigenvalue weighted by Crippen LogP contribution is 2.17. The van der Waals surface area contributed by atoms with Crippen molar-refractivity contribution < 1.29 is 0 Å². The minimum absolute atomic E-state index is 0. The van der Waals surface area contributed by atoms with Crippen molar-refractivity contribution in [3.05, 3.63) is 52.1 Å². The molecule has 0 unspecified atom stereocenters. The van der Waals surface area contributed by atoms with Gasteiger partial charge < -0.3 is 15.6 Å².